The standard InChI is InChI=1S/C23H26N8O2/c1-12(2)19(22-26-8-5-9-27-22)31-20-17(23(32)30-16(11-25-3)18(20)24)21-28-14-7-6-13(33-4)10-15(14)29-21/h5-12,19,24-25,31H,1-4H3,(H,28,29)(H,30,32)/b16-11+,24-18?. The lowest BCUT2D eigenvalue weighted by Crippen LogP contribution is -2.42. The first-order valence-electron chi connectivity index (χ1n) is 10.5. The van der Waals surface area contributed by atoms with Gasteiger partial charge in [-0.3, -0.25) is 10.2 Å². The van der Waals surface area contributed by atoms with E-state index < -0.39 is 0 Å². The Morgan fingerprint density at radius 1 is 1.21 bits per heavy atom. The zero-order valence-electron chi connectivity index (χ0n) is 18.9. The molecule has 4 rings (SSSR count). The molecule has 1 aliphatic rings. The molecule has 0 radical (unpaired) electrons. The summed E-state index contributed by atoms with van der Waals surface area (Å²) < 4.78 is 5.29. The number of ether oxygens (including phenoxy) is 1. The monoisotopic (exact) mass is 446 g/mol. The van der Waals surface area contributed by atoms with Gasteiger partial charge >= 0.3 is 0 Å². The molecule has 0 saturated carbocycles. The van der Waals surface area contributed by atoms with Crippen LogP contribution in [0.2, 0.25) is 0 Å². The third-order valence-electron chi connectivity index (χ3n) is 5.29. The Morgan fingerprint density at radius 3 is 2.64 bits per heavy atom. The number of hydrogen-bond donors (Lipinski definition) is 5. The van der Waals surface area contributed by atoms with E-state index in [-0.39, 0.29) is 29.2 Å². The van der Waals surface area contributed by atoms with Gasteiger partial charge in [-0.25, -0.2) is 15.0 Å². The SMILES string of the molecule is CN/C=C1/NC(=O)C(c2nc3cc(OC)ccc3[nH]2)=C(NC(c2ncccn2)C(C)C)C1=N. The Hall–Kier alpha value is -4.21. The van der Waals surface area contributed by atoms with Crippen LogP contribution in [0.3, 0.4) is 0 Å². The highest BCUT2D eigenvalue weighted by atomic mass is 16.5. The Balaban J connectivity index is 1.87. The van der Waals surface area contributed by atoms with E-state index in [1.165, 1.54) is 0 Å². The number of rotatable bonds is 7. The zero-order chi connectivity index (χ0) is 23.5. The van der Waals surface area contributed by atoms with E-state index in [1.807, 2.05) is 26.0 Å². The maximum absolute atomic E-state index is 13.2. The number of carbonyl (C=O) groups excluding carboxylic acids is 1. The number of H-pyrrole nitrogens is 1. The number of benzene rings is 1. The van der Waals surface area contributed by atoms with Gasteiger partial charge in [0.15, 0.2) is 5.82 Å². The van der Waals surface area contributed by atoms with Crippen LogP contribution in [0.5, 0.6) is 5.75 Å². The first-order chi connectivity index (χ1) is 15.9. The summed E-state index contributed by atoms with van der Waals surface area (Å²) in [6, 6.07) is 6.86. The summed E-state index contributed by atoms with van der Waals surface area (Å²) in [5.41, 5.74) is 2.46. The van der Waals surface area contributed by atoms with Crippen molar-refractivity contribution in [2.24, 2.45) is 5.92 Å². The molecule has 0 fully saturated rings. The molecular formula is C23H26N8O2. The molecule has 0 saturated heterocycles. The molecule has 0 bridgehead atoms. The van der Waals surface area contributed by atoms with Crippen molar-refractivity contribution in [2.45, 2.75) is 19.9 Å². The number of aromatic amines is 1. The Morgan fingerprint density at radius 2 is 1.97 bits per heavy atom. The third-order valence-corrected chi connectivity index (χ3v) is 5.29. The van der Waals surface area contributed by atoms with Gasteiger partial charge in [-0.2, -0.15) is 0 Å². The van der Waals surface area contributed by atoms with Crippen LogP contribution >= 0.6 is 0 Å². The van der Waals surface area contributed by atoms with E-state index >= 15 is 0 Å². The molecule has 2 aromatic heterocycles. The van der Waals surface area contributed by atoms with Crippen molar-refractivity contribution in [1.82, 2.24) is 35.9 Å². The predicted octanol–water partition coefficient (Wildman–Crippen LogP) is 2.27. The molecule has 0 spiro atoms. The van der Waals surface area contributed by atoms with E-state index in [0.717, 1.165) is 5.52 Å². The van der Waals surface area contributed by atoms with Crippen LogP contribution < -0.4 is 20.7 Å². The summed E-state index contributed by atoms with van der Waals surface area (Å²) in [5.74, 6) is 1.29. The summed E-state index contributed by atoms with van der Waals surface area (Å²) in [4.78, 5) is 29.8. The molecule has 3 aromatic rings. The average molecular weight is 447 g/mol. The van der Waals surface area contributed by atoms with Crippen molar-refractivity contribution < 1.29 is 9.53 Å². The van der Waals surface area contributed by atoms with E-state index in [2.05, 4.69) is 35.9 Å². The first kappa shape index (κ1) is 22.0. The van der Waals surface area contributed by atoms with Gasteiger partial charge < -0.3 is 25.7 Å². The van der Waals surface area contributed by atoms with Gasteiger partial charge in [0.05, 0.1) is 35.6 Å². The molecule has 1 atom stereocenters. The predicted molar refractivity (Wildman–Crippen MR) is 125 cm³/mol. The molecule has 1 aliphatic heterocycles. The highest BCUT2D eigenvalue weighted by Crippen LogP contribution is 2.29. The minimum absolute atomic E-state index is 0.0793. The van der Waals surface area contributed by atoms with Gasteiger partial charge in [0, 0.05) is 31.7 Å². The molecule has 0 aliphatic carbocycles. The minimum atomic E-state index is -0.377. The second-order valence-electron chi connectivity index (χ2n) is 7.87. The fourth-order valence-corrected chi connectivity index (χ4v) is 3.63. The van der Waals surface area contributed by atoms with Gasteiger partial charge in [-0.05, 0) is 24.1 Å². The number of imidazole rings is 1. The Labute approximate surface area is 191 Å². The van der Waals surface area contributed by atoms with E-state index in [1.54, 1.807) is 44.9 Å². The van der Waals surface area contributed by atoms with Crippen molar-refractivity contribution in [1.29, 1.82) is 5.41 Å². The van der Waals surface area contributed by atoms with Crippen molar-refractivity contribution in [2.75, 3.05) is 14.2 Å². The van der Waals surface area contributed by atoms with Crippen LogP contribution in [-0.4, -0.2) is 45.7 Å². The molecule has 1 aromatic carbocycles. The molecular weight excluding hydrogens is 420 g/mol. The number of carbonyl (C=O) groups is 1. The second-order valence-corrected chi connectivity index (χ2v) is 7.87. The Kier molecular flexibility index (Phi) is 6.07. The molecule has 3 heterocycles. The smallest absolute Gasteiger partial charge is 0.261 e. The normalized spacial score (nSPS) is 16.3. The van der Waals surface area contributed by atoms with Crippen LogP contribution in [0.25, 0.3) is 16.6 Å². The lowest BCUT2D eigenvalue weighted by molar-refractivity contribution is -0.115. The molecule has 10 heteroatoms. The van der Waals surface area contributed by atoms with E-state index in [9.17, 15) is 4.79 Å². The van der Waals surface area contributed by atoms with Crippen LogP contribution in [0.15, 0.2) is 54.3 Å². The summed E-state index contributed by atoms with van der Waals surface area (Å²) in [6.45, 7) is 4.05. The summed E-state index contributed by atoms with van der Waals surface area (Å²) in [7, 11) is 3.29. The lowest BCUT2D eigenvalue weighted by atomic mass is 9.97. The first-order valence-corrected chi connectivity index (χ1v) is 10.5. The number of nitrogens with one attached hydrogen (secondary N) is 5. The number of hydrogen-bond acceptors (Lipinski definition) is 8. The maximum atomic E-state index is 13.2. The quantitative estimate of drug-likeness (QED) is 0.375. The van der Waals surface area contributed by atoms with Crippen LogP contribution in [0.1, 0.15) is 31.5 Å². The molecule has 170 valence electrons. The van der Waals surface area contributed by atoms with Gasteiger partial charge in [0.25, 0.3) is 5.91 Å². The largest absolute Gasteiger partial charge is 0.497 e. The van der Waals surface area contributed by atoms with Gasteiger partial charge in [-0.1, -0.05) is 13.8 Å². The maximum Gasteiger partial charge on any atom is 0.261 e. The van der Waals surface area contributed by atoms with Gasteiger partial charge in [-0.15, -0.1) is 0 Å². The molecule has 1 amide bonds. The van der Waals surface area contributed by atoms with Gasteiger partial charge in [0.2, 0.25) is 0 Å². The molecule has 5 N–H and O–H groups in total. The molecule has 33 heavy (non-hydrogen) atoms. The number of methoxy groups -OCH3 is 1. The number of aromatic nitrogens is 4. The van der Waals surface area contributed by atoms with Crippen molar-refractivity contribution in [3.63, 3.8) is 0 Å². The van der Waals surface area contributed by atoms with E-state index in [4.69, 9.17) is 10.1 Å². The van der Waals surface area contributed by atoms with Gasteiger partial charge in [0.1, 0.15) is 22.9 Å². The number of fused-ring (bicyclic) bond motifs is 1. The van der Waals surface area contributed by atoms with Crippen LogP contribution in [0.4, 0.5) is 0 Å². The molecule has 1 unspecified atom stereocenters. The summed E-state index contributed by atoms with van der Waals surface area (Å²) in [6.07, 6.45) is 4.92. The van der Waals surface area contributed by atoms with Crippen LogP contribution in [0, 0.1) is 11.3 Å². The average Bonchev–Trinajstić information content (AvgIpc) is 3.23. The van der Waals surface area contributed by atoms with E-state index in [0.29, 0.717) is 34.3 Å². The highest BCUT2D eigenvalue weighted by Gasteiger charge is 2.33. The fraction of sp³-hybridized carbons (Fsp3) is 0.261. The summed E-state index contributed by atoms with van der Waals surface area (Å²) >= 11 is 0. The highest BCUT2D eigenvalue weighted by molar-refractivity contribution is 6.33. The second kappa shape index (κ2) is 9.11. The zero-order valence-corrected chi connectivity index (χ0v) is 18.9. The lowest BCUT2D eigenvalue weighted by Gasteiger charge is -2.29. The van der Waals surface area contributed by atoms with Crippen molar-refractivity contribution >= 4 is 28.2 Å². The van der Waals surface area contributed by atoms with Crippen molar-refractivity contribution in [3.8, 4) is 5.75 Å². The minimum Gasteiger partial charge on any atom is -0.497 e. The van der Waals surface area contributed by atoms with Crippen LogP contribution in [-0.2, 0) is 4.79 Å². The Bertz CT molecular complexity index is 1260. The fourth-order valence-electron chi connectivity index (χ4n) is 3.63. The molecule has 10 nitrogen and oxygen atoms in total. The van der Waals surface area contributed by atoms with Crippen molar-refractivity contribution in [3.05, 3.63) is 65.9 Å². The number of amides is 1. The summed E-state index contributed by atoms with van der Waals surface area (Å²) in [5, 5.41) is 17.8. The third kappa shape index (κ3) is 4.27. The number of nitrogens with zero attached hydrogens (tertiary/aromatic N) is 3. The topological polar surface area (TPSA) is 141 Å².